The van der Waals surface area contributed by atoms with Crippen molar-refractivity contribution in [2.24, 2.45) is 0 Å². The average Bonchev–Trinajstić information content (AvgIpc) is 3.40. The number of carbonyl (C=O) groups excluding carboxylic acids is 1. The fourth-order valence-corrected chi connectivity index (χ4v) is 4.29. The minimum Gasteiger partial charge on any atom is -0.494 e. The minimum absolute atomic E-state index is 0.213. The number of pyridine rings is 1. The summed E-state index contributed by atoms with van der Waals surface area (Å²) in [6.07, 6.45) is 2.64. The fraction of sp³-hybridized carbons (Fsp3) is 0.296. The Hall–Kier alpha value is -4.29. The van der Waals surface area contributed by atoms with E-state index in [1.807, 2.05) is 18.2 Å². The summed E-state index contributed by atoms with van der Waals surface area (Å²) in [5.74, 6) is 1.04. The van der Waals surface area contributed by atoms with Gasteiger partial charge in [-0.25, -0.2) is 4.85 Å². The maximum absolute atomic E-state index is 12.3. The van der Waals surface area contributed by atoms with Gasteiger partial charge in [0.1, 0.15) is 11.6 Å². The lowest BCUT2D eigenvalue weighted by atomic mass is 10.1. The monoisotopic (exact) mass is 485 g/mol. The van der Waals surface area contributed by atoms with Crippen LogP contribution in [0.1, 0.15) is 16.8 Å². The molecule has 9 heteroatoms. The van der Waals surface area contributed by atoms with Gasteiger partial charge < -0.3 is 30.5 Å². The fourth-order valence-electron chi connectivity index (χ4n) is 4.29. The summed E-state index contributed by atoms with van der Waals surface area (Å²) in [7, 11) is 7.47. The Morgan fingerprint density at radius 3 is 2.64 bits per heavy atom. The van der Waals surface area contributed by atoms with E-state index < -0.39 is 0 Å². The molecule has 1 amide bonds. The number of amides is 1. The molecule has 1 atom stereocenters. The van der Waals surface area contributed by atoms with Crippen molar-refractivity contribution in [2.75, 3.05) is 56.9 Å². The summed E-state index contributed by atoms with van der Waals surface area (Å²) in [5, 5.41) is 9.18. The highest BCUT2D eigenvalue weighted by molar-refractivity contribution is 6.00. The van der Waals surface area contributed by atoms with Crippen molar-refractivity contribution in [3.05, 3.63) is 71.7 Å². The number of benzene rings is 2. The van der Waals surface area contributed by atoms with Crippen LogP contribution < -0.4 is 25.6 Å². The Morgan fingerprint density at radius 2 is 1.94 bits per heavy atom. The summed E-state index contributed by atoms with van der Waals surface area (Å²) in [5.41, 5.74) is 3.86. The zero-order valence-electron chi connectivity index (χ0n) is 21.0. The van der Waals surface area contributed by atoms with Crippen molar-refractivity contribution in [1.29, 1.82) is 0 Å². The third-order valence-corrected chi connectivity index (χ3v) is 6.38. The number of hydrogen-bond acceptors (Lipinski definition) is 7. The van der Waals surface area contributed by atoms with Crippen molar-refractivity contribution >= 4 is 40.2 Å². The van der Waals surface area contributed by atoms with E-state index in [2.05, 4.69) is 55.7 Å². The highest BCUT2D eigenvalue weighted by Gasteiger charge is 2.24. The Morgan fingerprint density at radius 1 is 1.14 bits per heavy atom. The second-order valence-electron chi connectivity index (χ2n) is 8.81. The summed E-state index contributed by atoms with van der Waals surface area (Å²) in [6.45, 7) is 9.53. The molecule has 1 aromatic heterocycles. The van der Waals surface area contributed by atoms with E-state index >= 15 is 0 Å². The van der Waals surface area contributed by atoms with Gasteiger partial charge >= 0.3 is 0 Å². The molecule has 1 fully saturated rings. The lowest BCUT2D eigenvalue weighted by Gasteiger charge is -2.23. The van der Waals surface area contributed by atoms with Gasteiger partial charge in [-0.15, -0.1) is 0 Å². The van der Waals surface area contributed by atoms with Crippen LogP contribution in [-0.4, -0.2) is 63.2 Å². The molecule has 0 aliphatic carbocycles. The normalized spacial score (nSPS) is 14.9. The number of anilines is 5. The second kappa shape index (κ2) is 11.0. The highest BCUT2D eigenvalue weighted by atomic mass is 16.5. The van der Waals surface area contributed by atoms with Gasteiger partial charge in [-0.3, -0.25) is 9.78 Å². The number of para-hydroxylation sites is 1. The molecule has 1 unspecified atom stereocenters. The standard InChI is InChI=1S/C27H31N7O2/c1-28-24-16-30-26(15-23(24)31-21-9-7-6-8-20(21)27(35)29-2)32-22-11-10-18(14-25(22)36-5)34-13-12-19(17-34)33(3)4/h6-11,14-16,19H,12-13,17H2,2-5H3,(H,29,35)(H2,30,31,32). The molecule has 3 aromatic rings. The quantitative estimate of drug-likeness (QED) is 0.401. The third kappa shape index (κ3) is 5.34. The van der Waals surface area contributed by atoms with Gasteiger partial charge in [0, 0.05) is 49.8 Å². The van der Waals surface area contributed by atoms with Gasteiger partial charge in [-0.1, -0.05) is 12.1 Å². The largest absolute Gasteiger partial charge is 0.494 e. The molecule has 3 N–H and O–H groups in total. The first-order valence-corrected chi connectivity index (χ1v) is 11.8. The molecule has 1 saturated heterocycles. The number of likely N-dealkylation sites (N-methyl/N-ethyl adjacent to an activating group) is 1. The van der Waals surface area contributed by atoms with E-state index in [9.17, 15) is 4.79 Å². The van der Waals surface area contributed by atoms with Gasteiger partial charge in [-0.2, -0.15) is 0 Å². The number of aromatic nitrogens is 1. The van der Waals surface area contributed by atoms with E-state index in [-0.39, 0.29) is 5.91 Å². The lowest BCUT2D eigenvalue weighted by Crippen LogP contribution is -2.31. The predicted octanol–water partition coefficient (Wildman–Crippen LogP) is 4.63. The lowest BCUT2D eigenvalue weighted by molar-refractivity contribution is 0.0964. The van der Waals surface area contributed by atoms with Crippen molar-refractivity contribution < 1.29 is 9.53 Å². The third-order valence-electron chi connectivity index (χ3n) is 6.38. The maximum atomic E-state index is 12.3. The zero-order chi connectivity index (χ0) is 25.7. The molecule has 1 aliphatic rings. The first-order valence-electron chi connectivity index (χ1n) is 11.8. The molecule has 36 heavy (non-hydrogen) atoms. The number of nitrogens with one attached hydrogen (secondary N) is 3. The first-order chi connectivity index (χ1) is 17.4. The summed E-state index contributed by atoms with van der Waals surface area (Å²) in [6, 6.07) is 15.5. The average molecular weight is 486 g/mol. The molecule has 0 saturated carbocycles. The van der Waals surface area contributed by atoms with Gasteiger partial charge in [0.2, 0.25) is 5.69 Å². The number of methoxy groups -OCH3 is 1. The van der Waals surface area contributed by atoms with Crippen LogP contribution in [0, 0.1) is 6.57 Å². The van der Waals surface area contributed by atoms with Crippen LogP contribution in [-0.2, 0) is 0 Å². The van der Waals surface area contributed by atoms with E-state index in [1.165, 1.54) is 6.20 Å². The molecule has 9 nitrogen and oxygen atoms in total. The Kier molecular flexibility index (Phi) is 7.56. The van der Waals surface area contributed by atoms with E-state index in [1.54, 1.807) is 38.4 Å². The van der Waals surface area contributed by atoms with E-state index in [0.29, 0.717) is 40.2 Å². The Bertz CT molecular complexity index is 1290. The number of ether oxygens (including phenoxy) is 1. The van der Waals surface area contributed by atoms with Gasteiger partial charge in [0.15, 0.2) is 0 Å². The van der Waals surface area contributed by atoms with Crippen molar-refractivity contribution in [1.82, 2.24) is 15.2 Å². The molecule has 0 bridgehead atoms. The number of hydrogen-bond donors (Lipinski definition) is 3. The molecule has 1 aliphatic heterocycles. The van der Waals surface area contributed by atoms with Crippen LogP contribution in [0.15, 0.2) is 54.7 Å². The minimum atomic E-state index is -0.213. The molecular formula is C27H31N7O2. The van der Waals surface area contributed by atoms with Gasteiger partial charge in [-0.05, 0) is 50.8 Å². The van der Waals surface area contributed by atoms with Gasteiger partial charge in [0.25, 0.3) is 5.91 Å². The molecule has 4 rings (SSSR count). The van der Waals surface area contributed by atoms with Crippen LogP contribution in [0.3, 0.4) is 0 Å². The van der Waals surface area contributed by atoms with Crippen LogP contribution in [0.25, 0.3) is 4.85 Å². The summed E-state index contributed by atoms with van der Waals surface area (Å²) in [4.78, 5) is 24.9. The van der Waals surface area contributed by atoms with E-state index in [4.69, 9.17) is 11.3 Å². The van der Waals surface area contributed by atoms with Crippen LogP contribution in [0.5, 0.6) is 5.75 Å². The molecule has 2 heterocycles. The molecule has 0 spiro atoms. The maximum Gasteiger partial charge on any atom is 0.253 e. The zero-order valence-corrected chi connectivity index (χ0v) is 21.0. The summed E-state index contributed by atoms with van der Waals surface area (Å²) >= 11 is 0. The summed E-state index contributed by atoms with van der Waals surface area (Å²) < 4.78 is 5.68. The van der Waals surface area contributed by atoms with Gasteiger partial charge in [0.05, 0.1) is 30.6 Å². The molecule has 0 radical (unpaired) electrons. The molecule has 186 valence electrons. The SMILES string of the molecule is [C-]#[N+]c1cnc(Nc2ccc(N3CCC(N(C)C)C3)cc2OC)cc1Nc1ccccc1C(=O)NC. The molecule has 2 aromatic carbocycles. The Balaban J connectivity index is 1.58. The number of nitrogens with zero attached hydrogens (tertiary/aromatic N) is 4. The smallest absolute Gasteiger partial charge is 0.253 e. The number of rotatable bonds is 8. The van der Waals surface area contributed by atoms with E-state index in [0.717, 1.165) is 30.9 Å². The van der Waals surface area contributed by atoms with Crippen LogP contribution in [0.4, 0.5) is 34.3 Å². The number of carbonyl (C=O) groups is 1. The highest BCUT2D eigenvalue weighted by Crippen LogP contribution is 2.36. The Labute approximate surface area is 211 Å². The second-order valence-corrected chi connectivity index (χ2v) is 8.81. The topological polar surface area (TPSA) is 86.1 Å². The van der Waals surface area contributed by atoms with Crippen LogP contribution >= 0.6 is 0 Å². The molecular weight excluding hydrogens is 454 g/mol. The van der Waals surface area contributed by atoms with Crippen LogP contribution in [0.2, 0.25) is 0 Å². The first kappa shape index (κ1) is 24.8. The predicted molar refractivity (Wildman–Crippen MR) is 144 cm³/mol. The van der Waals surface area contributed by atoms with Crippen molar-refractivity contribution in [3.8, 4) is 5.75 Å². The van der Waals surface area contributed by atoms with Crippen molar-refractivity contribution in [2.45, 2.75) is 12.5 Å². The van der Waals surface area contributed by atoms with Crippen molar-refractivity contribution in [3.63, 3.8) is 0 Å².